The molecule has 0 saturated heterocycles. The lowest BCUT2D eigenvalue weighted by molar-refractivity contribution is -0.144. The Balaban J connectivity index is 2.10. The molecular formula is C22H23NO4. The van der Waals surface area contributed by atoms with Crippen LogP contribution in [0.25, 0.3) is 6.08 Å². The highest BCUT2D eigenvalue weighted by molar-refractivity contribution is 5.83. The molecule has 0 spiro atoms. The second-order valence-corrected chi connectivity index (χ2v) is 5.71. The molecule has 0 fully saturated rings. The Labute approximate surface area is 159 Å². The molecule has 0 bridgehead atoms. The van der Waals surface area contributed by atoms with E-state index in [1.807, 2.05) is 66.7 Å². The Morgan fingerprint density at radius 2 is 1.70 bits per heavy atom. The molecule has 2 aromatic carbocycles. The van der Waals surface area contributed by atoms with E-state index in [0.29, 0.717) is 0 Å². The first kappa shape index (κ1) is 20.0. The fraction of sp³-hybridized carbons (Fsp3) is 0.182. The van der Waals surface area contributed by atoms with Gasteiger partial charge in [0.25, 0.3) is 0 Å². The number of carbonyl (C=O) groups excluding carboxylic acids is 2. The summed E-state index contributed by atoms with van der Waals surface area (Å²) >= 11 is 0. The van der Waals surface area contributed by atoms with Crippen LogP contribution >= 0.6 is 0 Å². The minimum absolute atomic E-state index is 0.115. The Bertz CT molecular complexity index is 771. The lowest BCUT2D eigenvalue weighted by Gasteiger charge is -2.26. The molecule has 0 N–H and O–H groups in total. The number of benzene rings is 2. The molecule has 1 atom stereocenters. The number of amides is 1. The Morgan fingerprint density at radius 1 is 1.07 bits per heavy atom. The number of hydrogen-bond acceptors (Lipinski definition) is 4. The SMILES string of the molecule is C=C[C@@H](C(=O)OC)N(C/C=C\c1ccccc1)C(=O)OCc1ccccc1. The maximum Gasteiger partial charge on any atom is 0.411 e. The van der Waals surface area contributed by atoms with E-state index < -0.39 is 18.1 Å². The Hall–Kier alpha value is -3.34. The number of rotatable bonds is 8. The van der Waals surface area contributed by atoms with Gasteiger partial charge in [-0.05, 0) is 11.1 Å². The zero-order valence-electron chi connectivity index (χ0n) is 15.3. The second-order valence-electron chi connectivity index (χ2n) is 5.71. The second kappa shape index (κ2) is 10.6. The number of esters is 1. The molecule has 0 radical (unpaired) electrons. The quantitative estimate of drug-likeness (QED) is 0.523. The van der Waals surface area contributed by atoms with Gasteiger partial charge in [-0.2, -0.15) is 0 Å². The molecule has 0 aliphatic heterocycles. The van der Waals surface area contributed by atoms with E-state index in [0.717, 1.165) is 11.1 Å². The summed E-state index contributed by atoms with van der Waals surface area (Å²) in [6.07, 6.45) is 4.41. The van der Waals surface area contributed by atoms with Crippen LogP contribution in [-0.4, -0.2) is 36.7 Å². The summed E-state index contributed by atoms with van der Waals surface area (Å²) in [6.45, 7) is 3.93. The summed E-state index contributed by atoms with van der Waals surface area (Å²) in [5.41, 5.74) is 1.85. The van der Waals surface area contributed by atoms with Crippen molar-refractivity contribution < 1.29 is 19.1 Å². The van der Waals surface area contributed by atoms with Gasteiger partial charge in [0, 0.05) is 6.54 Å². The molecular weight excluding hydrogens is 342 g/mol. The molecule has 27 heavy (non-hydrogen) atoms. The van der Waals surface area contributed by atoms with Crippen molar-refractivity contribution in [3.8, 4) is 0 Å². The Morgan fingerprint density at radius 3 is 2.30 bits per heavy atom. The van der Waals surface area contributed by atoms with Crippen LogP contribution in [0.4, 0.5) is 4.79 Å². The highest BCUT2D eigenvalue weighted by Crippen LogP contribution is 2.10. The third-order valence-corrected chi connectivity index (χ3v) is 3.85. The van der Waals surface area contributed by atoms with Gasteiger partial charge in [-0.25, -0.2) is 9.59 Å². The molecule has 0 aromatic heterocycles. The molecule has 0 aliphatic carbocycles. The van der Waals surface area contributed by atoms with Crippen LogP contribution in [0, 0.1) is 0 Å². The third kappa shape index (κ3) is 6.15. The first-order valence-corrected chi connectivity index (χ1v) is 8.55. The average Bonchev–Trinajstić information content (AvgIpc) is 2.72. The van der Waals surface area contributed by atoms with Crippen LogP contribution in [0.2, 0.25) is 0 Å². The van der Waals surface area contributed by atoms with Crippen molar-refractivity contribution in [1.82, 2.24) is 4.90 Å². The largest absolute Gasteiger partial charge is 0.467 e. The van der Waals surface area contributed by atoms with Crippen LogP contribution in [-0.2, 0) is 20.9 Å². The van der Waals surface area contributed by atoms with Gasteiger partial charge in [0.2, 0.25) is 0 Å². The predicted octanol–water partition coefficient (Wildman–Crippen LogP) is 4.07. The van der Waals surface area contributed by atoms with Gasteiger partial charge < -0.3 is 9.47 Å². The normalized spacial score (nSPS) is 11.6. The first-order chi connectivity index (χ1) is 13.2. The molecule has 5 nitrogen and oxygen atoms in total. The Kier molecular flexibility index (Phi) is 7.85. The number of hydrogen-bond donors (Lipinski definition) is 0. The first-order valence-electron chi connectivity index (χ1n) is 8.55. The van der Waals surface area contributed by atoms with E-state index in [9.17, 15) is 9.59 Å². The highest BCUT2D eigenvalue weighted by atomic mass is 16.6. The highest BCUT2D eigenvalue weighted by Gasteiger charge is 2.28. The summed E-state index contributed by atoms with van der Waals surface area (Å²) in [4.78, 5) is 25.9. The molecule has 140 valence electrons. The van der Waals surface area contributed by atoms with E-state index in [2.05, 4.69) is 6.58 Å². The molecule has 5 heteroatoms. The van der Waals surface area contributed by atoms with Gasteiger partial charge in [-0.1, -0.05) is 78.9 Å². The van der Waals surface area contributed by atoms with Crippen LogP contribution in [0.1, 0.15) is 11.1 Å². The predicted molar refractivity (Wildman–Crippen MR) is 105 cm³/mol. The van der Waals surface area contributed by atoms with Crippen LogP contribution in [0.15, 0.2) is 79.4 Å². The lowest BCUT2D eigenvalue weighted by Crippen LogP contribution is -2.44. The van der Waals surface area contributed by atoms with Crippen molar-refractivity contribution in [1.29, 1.82) is 0 Å². The van der Waals surface area contributed by atoms with Crippen LogP contribution in [0.5, 0.6) is 0 Å². The van der Waals surface area contributed by atoms with E-state index in [-0.39, 0.29) is 13.2 Å². The van der Waals surface area contributed by atoms with Crippen LogP contribution in [0.3, 0.4) is 0 Å². The fourth-order valence-corrected chi connectivity index (χ4v) is 2.44. The summed E-state index contributed by atoms with van der Waals surface area (Å²) in [7, 11) is 1.27. The lowest BCUT2D eigenvalue weighted by atomic mass is 10.2. The minimum Gasteiger partial charge on any atom is -0.467 e. The van der Waals surface area contributed by atoms with Crippen molar-refractivity contribution >= 4 is 18.1 Å². The van der Waals surface area contributed by atoms with E-state index in [4.69, 9.17) is 9.47 Å². The standard InChI is InChI=1S/C22H23NO4/c1-3-20(21(24)26-2)23(16-10-15-18-11-6-4-7-12-18)22(25)27-17-19-13-8-5-9-14-19/h3-15,20H,1,16-17H2,2H3/b15-10-/t20-/m0/s1. The van der Waals surface area contributed by atoms with Crippen LogP contribution < -0.4 is 0 Å². The van der Waals surface area contributed by atoms with Gasteiger partial charge in [0.05, 0.1) is 7.11 Å². The van der Waals surface area contributed by atoms with Crippen molar-refractivity contribution in [2.75, 3.05) is 13.7 Å². The third-order valence-electron chi connectivity index (χ3n) is 3.85. The zero-order chi connectivity index (χ0) is 19.5. The summed E-state index contributed by atoms with van der Waals surface area (Å²) < 4.78 is 10.1. The van der Waals surface area contributed by atoms with Crippen molar-refractivity contribution in [3.05, 3.63) is 90.5 Å². The fourth-order valence-electron chi connectivity index (χ4n) is 2.44. The average molecular weight is 365 g/mol. The summed E-state index contributed by atoms with van der Waals surface area (Å²) in [5, 5.41) is 0. The molecule has 0 unspecified atom stereocenters. The van der Waals surface area contributed by atoms with Crippen molar-refractivity contribution in [3.63, 3.8) is 0 Å². The van der Waals surface area contributed by atoms with Crippen molar-refractivity contribution in [2.24, 2.45) is 0 Å². The number of methoxy groups -OCH3 is 1. The maximum atomic E-state index is 12.6. The molecule has 2 aromatic rings. The number of nitrogens with zero attached hydrogens (tertiary/aromatic N) is 1. The monoisotopic (exact) mass is 365 g/mol. The molecule has 2 rings (SSSR count). The summed E-state index contributed by atoms with van der Waals surface area (Å²) in [6, 6.07) is 18.1. The van der Waals surface area contributed by atoms with Gasteiger partial charge in [0.1, 0.15) is 6.61 Å². The molecule has 0 aliphatic rings. The smallest absolute Gasteiger partial charge is 0.411 e. The molecule has 0 saturated carbocycles. The van der Waals surface area contributed by atoms with Crippen molar-refractivity contribution in [2.45, 2.75) is 12.6 Å². The molecule has 1 amide bonds. The topological polar surface area (TPSA) is 55.8 Å². The number of ether oxygens (including phenoxy) is 2. The number of carbonyl (C=O) groups is 2. The van der Waals surface area contributed by atoms with E-state index >= 15 is 0 Å². The maximum absolute atomic E-state index is 12.6. The van der Waals surface area contributed by atoms with Gasteiger partial charge in [-0.3, -0.25) is 4.90 Å². The van der Waals surface area contributed by atoms with Gasteiger partial charge in [-0.15, -0.1) is 6.58 Å². The summed E-state index contributed by atoms with van der Waals surface area (Å²) in [5.74, 6) is -0.574. The minimum atomic E-state index is -0.932. The zero-order valence-corrected chi connectivity index (χ0v) is 15.3. The van der Waals surface area contributed by atoms with E-state index in [1.165, 1.54) is 18.1 Å². The molecule has 0 heterocycles. The van der Waals surface area contributed by atoms with Gasteiger partial charge >= 0.3 is 12.1 Å². The van der Waals surface area contributed by atoms with E-state index in [1.54, 1.807) is 6.08 Å². The van der Waals surface area contributed by atoms with Gasteiger partial charge in [0.15, 0.2) is 6.04 Å².